The van der Waals surface area contributed by atoms with Crippen LogP contribution in [0.4, 0.5) is 0 Å². The van der Waals surface area contributed by atoms with Gasteiger partial charge in [-0.1, -0.05) is 11.8 Å². The molecule has 0 fully saturated rings. The Kier molecular flexibility index (Phi) is 3.87. The fourth-order valence-electron chi connectivity index (χ4n) is 1.04. The monoisotopic (exact) mass is 276 g/mol. The number of thiophene rings is 2. The van der Waals surface area contributed by atoms with Gasteiger partial charge < -0.3 is 0 Å². The summed E-state index contributed by atoms with van der Waals surface area (Å²) < 4.78 is 12.1. The summed E-state index contributed by atoms with van der Waals surface area (Å²) in [6, 6.07) is 3.81. The lowest BCUT2D eigenvalue weighted by Crippen LogP contribution is -1.71. The summed E-state index contributed by atoms with van der Waals surface area (Å²) in [5, 5.41) is 7.75. The zero-order valence-electron chi connectivity index (χ0n) is 9.14. The van der Waals surface area contributed by atoms with Crippen LogP contribution in [-0.4, -0.2) is 6.66 Å². The fourth-order valence-corrected chi connectivity index (χ4v) is 2.96. The summed E-state index contributed by atoms with van der Waals surface area (Å²) in [6.07, 6.45) is 0. The quantitative estimate of drug-likeness (QED) is 0.522. The first-order chi connectivity index (χ1) is 8.16. The molecular formula is C13H9OPS2. The third-order valence-corrected chi connectivity index (χ3v) is 4.31. The lowest BCUT2D eigenvalue weighted by atomic mass is 10.4. The molecule has 0 saturated carbocycles. The molecule has 0 amide bonds. The highest BCUT2D eigenvalue weighted by atomic mass is 32.1. The van der Waals surface area contributed by atoms with Crippen molar-refractivity contribution in [2.45, 2.75) is 0 Å². The molecule has 17 heavy (non-hydrogen) atoms. The molecule has 2 heterocycles. The van der Waals surface area contributed by atoms with Gasteiger partial charge in [0.1, 0.15) is 0 Å². The number of hydrogen-bond donors (Lipinski definition) is 0. The van der Waals surface area contributed by atoms with Crippen molar-refractivity contribution in [3.63, 3.8) is 0 Å². The van der Waals surface area contributed by atoms with Crippen LogP contribution in [0.3, 0.4) is 0 Å². The average Bonchev–Trinajstić information content (AvgIpc) is 2.97. The highest BCUT2D eigenvalue weighted by molar-refractivity contribution is 7.73. The summed E-state index contributed by atoms with van der Waals surface area (Å²) in [7, 11) is -2.69. The molecule has 2 rings (SSSR count). The Balaban J connectivity index is 2.17. The van der Waals surface area contributed by atoms with Gasteiger partial charge in [-0.15, -0.1) is 0 Å². The molecule has 0 aliphatic heterocycles. The third-order valence-electron chi connectivity index (χ3n) is 1.87. The van der Waals surface area contributed by atoms with Crippen LogP contribution >= 0.6 is 29.8 Å². The molecule has 0 spiro atoms. The Morgan fingerprint density at radius 3 is 1.82 bits per heavy atom. The van der Waals surface area contributed by atoms with E-state index in [4.69, 9.17) is 0 Å². The molecule has 0 N–H and O–H groups in total. The molecule has 0 saturated heterocycles. The summed E-state index contributed by atoms with van der Waals surface area (Å²) in [5.41, 5.74) is 7.33. The highest BCUT2D eigenvalue weighted by Gasteiger charge is 2.05. The van der Waals surface area contributed by atoms with Crippen LogP contribution in [0.1, 0.15) is 11.1 Å². The van der Waals surface area contributed by atoms with Crippen molar-refractivity contribution in [2.24, 2.45) is 0 Å². The van der Waals surface area contributed by atoms with Crippen molar-refractivity contribution in [1.82, 2.24) is 0 Å². The van der Waals surface area contributed by atoms with Gasteiger partial charge in [0, 0.05) is 28.6 Å². The van der Waals surface area contributed by atoms with Gasteiger partial charge in [0.15, 0.2) is 0 Å². The van der Waals surface area contributed by atoms with E-state index in [-0.39, 0.29) is 0 Å². The normalized spacial score (nSPS) is 9.94. The van der Waals surface area contributed by atoms with Gasteiger partial charge in [0.25, 0.3) is 0 Å². The zero-order chi connectivity index (χ0) is 12.1. The molecular weight excluding hydrogens is 267 g/mol. The van der Waals surface area contributed by atoms with Crippen LogP contribution < -0.4 is 0 Å². The van der Waals surface area contributed by atoms with Gasteiger partial charge in [-0.2, -0.15) is 22.7 Å². The Morgan fingerprint density at radius 2 is 1.47 bits per heavy atom. The molecule has 0 aliphatic rings. The lowest BCUT2D eigenvalue weighted by Gasteiger charge is -1.91. The zero-order valence-corrected chi connectivity index (χ0v) is 11.7. The van der Waals surface area contributed by atoms with Gasteiger partial charge >= 0.3 is 0 Å². The van der Waals surface area contributed by atoms with Crippen LogP contribution in [0.2, 0.25) is 0 Å². The summed E-state index contributed by atoms with van der Waals surface area (Å²) in [5.74, 6) is 5.78. The van der Waals surface area contributed by atoms with E-state index in [1.165, 1.54) is 0 Å². The largest absolute Gasteiger partial charge is 0.296 e. The van der Waals surface area contributed by atoms with E-state index in [2.05, 4.69) is 23.2 Å². The van der Waals surface area contributed by atoms with Crippen molar-refractivity contribution in [1.29, 1.82) is 0 Å². The van der Waals surface area contributed by atoms with Crippen molar-refractivity contribution in [2.75, 3.05) is 6.66 Å². The minimum atomic E-state index is -2.69. The van der Waals surface area contributed by atoms with Gasteiger partial charge in [-0.25, -0.2) is 0 Å². The van der Waals surface area contributed by atoms with Gasteiger partial charge in [0.05, 0.1) is 0 Å². The maximum absolute atomic E-state index is 12.1. The molecule has 0 radical (unpaired) electrons. The average molecular weight is 276 g/mol. The summed E-state index contributed by atoms with van der Waals surface area (Å²) >= 11 is 3.15. The Bertz CT molecular complexity index is 590. The molecule has 2 aromatic rings. The second kappa shape index (κ2) is 5.39. The summed E-state index contributed by atoms with van der Waals surface area (Å²) in [6.45, 7) is 1.60. The molecule has 0 unspecified atom stereocenters. The molecule has 4 heteroatoms. The second-order valence-electron chi connectivity index (χ2n) is 3.42. The lowest BCUT2D eigenvalue weighted by molar-refractivity contribution is 0.591. The van der Waals surface area contributed by atoms with E-state index in [1.807, 2.05) is 33.7 Å². The van der Waals surface area contributed by atoms with Crippen LogP contribution in [0.5, 0.6) is 0 Å². The van der Waals surface area contributed by atoms with Crippen LogP contribution in [0.25, 0.3) is 0 Å². The highest BCUT2D eigenvalue weighted by Crippen LogP contribution is 2.38. The van der Waals surface area contributed by atoms with Crippen molar-refractivity contribution >= 4 is 29.8 Å². The second-order valence-corrected chi connectivity index (χ2v) is 7.28. The van der Waals surface area contributed by atoms with Gasteiger partial charge in [-0.3, -0.25) is 4.57 Å². The number of rotatable bonds is 0. The SMILES string of the molecule is CP(=O)(C#Cc1ccsc1)C#Cc1ccsc1. The smallest absolute Gasteiger partial charge is 0.220 e. The van der Waals surface area contributed by atoms with Crippen LogP contribution in [0.15, 0.2) is 33.7 Å². The molecule has 0 atom stereocenters. The van der Waals surface area contributed by atoms with E-state index in [0.717, 1.165) is 11.1 Å². The molecule has 0 bridgehead atoms. The maximum atomic E-state index is 12.1. The Labute approximate surface area is 109 Å². The van der Waals surface area contributed by atoms with Crippen LogP contribution in [-0.2, 0) is 4.57 Å². The van der Waals surface area contributed by atoms with E-state index < -0.39 is 7.14 Å². The Morgan fingerprint density at radius 1 is 1.00 bits per heavy atom. The van der Waals surface area contributed by atoms with Crippen molar-refractivity contribution < 1.29 is 4.57 Å². The van der Waals surface area contributed by atoms with E-state index in [0.29, 0.717) is 0 Å². The van der Waals surface area contributed by atoms with Crippen molar-refractivity contribution in [3.8, 4) is 23.2 Å². The van der Waals surface area contributed by atoms with E-state index in [1.54, 1.807) is 29.3 Å². The first-order valence-electron chi connectivity index (χ1n) is 4.84. The van der Waals surface area contributed by atoms with Crippen LogP contribution in [0, 0.1) is 23.2 Å². The molecule has 84 valence electrons. The topological polar surface area (TPSA) is 17.1 Å². The minimum absolute atomic E-state index is 0.898. The van der Waals surface area contributed by atoms with Gasteiger partial charge in [0.2, 0.25) is 7.14 Å². The first-order valence-corrected chi connectivity index (χ1v) is 8.88. The Hall–Kier alpha value is -1.25. The maximum Gasteiger partial charge on any atom is 0.220 e. The van der Waals surface area contributed by atoms with E-state index >= 15 is 0 Å². The molecule has 0 aromatic carbocycles. The summed E-state index contributed by atoms with van der Waals surface area (Å²) in [4.78, 5) is 0. The minimum Gasteiger partial charge on any atom is -0.296 e. The molecule has 0 aliphatic carbocycles. The standard InChI is InChI=1S/C13H9OPS2/c1-15(14,6-2-12-4-8-16-10-12)7-3-13-5-9-17-11-13/h4-5,8-11H,1H3. The first kappa shape index (κ1) is 12.2. The van der Waals surface area contributed by atoms with E-state index in [9.17, 15) is 4.57 Å². The fraction of sp³-hybridized carbons (Fsp3) is 0.0769. The van der Waals surface area contributed by atoms with Gasteiger partial charge in [-0.05, 0) is 34.2 Å². The predicted molar refractivity (Wildman–Crippen MR) is 75.9 cm³/mol. The molecule has 1 nitrogen and oxygen atoms in total. The number of hydrogen-bond acceptors (Lipinski definition) is 3. The third kappa shape index (κ3) is 3.91. The predicted octanol–water partition coefficient (Wildman–Crippen LogP) is 4.12. The van der Waals surface area contributed by atoms with Crippen molar-refractivity contribution in [3.05, 3.63) is 44.8 Å². The molecule has 2 aromatic heterocycles.